The first-order chi connectivity index (χ1) is 11.8. The van der Waals surface area contributed by atoms with Crippen LogP contribution in [0.25, 0.3) is 0 Å². The summed E-state index contributed by atoms with van der Waals surface area (Å²) in [5, 5.41) is 4.86. The monoisotopic (exact) mass is 366 g/mol. The fraction of sp³-hybridized carbons (Fsp3) is 0.118. The van der Waals surface area contributed by atoms with Gasteiger partial charge in [0.1, 0.15) is 11.6 Å². The van der Waals surface area contributed by atoms with E-state index in [1.807, 2.05) is 0 Å². The number of nitrogens with zero attached hydrogens (tertiary/aromatic N) is 2. The van der Waals surface area contributed by atoms with Crippen LogP contribution in [-0.4, -0.2) is 37.3 Å². The number of ether oxygens (including phenoxy) is 1. The van der Waals surface area contributed by atoms with Crippen molar-refractivity contribution in [1.29, 1.82) is 0 Å². The number of amides is 1. The summed E-state index contributed by atoms with van der Waals surface area (Å²) in [4.78, 5) is 23.5. The Balaban J connectivity index is 2.25. The van der Waals surface area contributed by atoms with Gasteiger partial charge in [0, 0.05) is 7.05 Å². The van der Waals surface area contributed by atoms with E-state index in [0.717, 1.165) is 30.5 Å². The Hall–Kier alpha value is -2.80. The van der Waals surface area contributed by atoms with Crippen LogP contribution in [0.2, 0.25) is 5.02 Å². The zero-order valence-electron chi connectivity index (χ0n) is 13.3. The van der Waals surface area contributed by atoms with Crippen molar-refractivity contribution in [2.24, 2.45) is 5.10 Å². The van der Waals surface area contributed by atoms with Gasteiger partial charge < -0.3 is 4.74 Å². The second-order valence-corrected chi connectivity index (χ2v) is 5.31. The summed E-state index contributed by atoms with van der Waals surface area (Å²) in [5.41, 5.74) is -0.563. The normalized spacial score (nSPS) is 10.8. The molecule has 0 heterocycles. The predicted molar refractivity (Wildman–Crippen MR) is 88.8 cm³/mol. The van der Waals surface area contributed by atoms with Gasteiger partial charge in [-0.15, -0.1) is 0 Å². The van der Waals surface area contributed by atoms with Crippen molar-refractivity contribution < 1.29 is 23.1 Å². The Bertz CT molecular complexity index is 833. The maximum Gasteiger partial charge on any atom is 0.338 e. The quantitative estimate of drug-likeness (QED) is 0.472. The van der Waals surface area contributed by atoms with Gasteiger partial charge in [-0.25, -0.2) is 18.6 Å². The predicted octanol–water partition coefficient (Wildman–Crippen LogP) is 3.51. The molecule has 0 radical (unpaired) electrons. The van der Waals surface area contributed by atoms with E-state index in [2.05, 4.69) is 9.84 Å². The molecule has 1 amide bonds. The summed E-state index contributed by atoms with van der Waals surface area (Å²) in [7, 11) is 2.42. The molecule has 0 aromatic heterocycles. The molecule has 2 aromatic carbocycles. The van der Waals surface area contributed by atoms with E-state index in [4.69, 9.17) is 11.6 Å². The van der Waals surface area contributed by atoms with Gasteiger partial charge in [0.2, 0.25) is 0 Å². The highest BCUT2D eigenvalue weighted by atomic mass is 35.5. The lowest BCUT2D eigenvalue weighted by Crippen LogP contribution is -2.22. The number of hydrogen-bond donors (Lipinski definition) is 0. The van der Waals surface area contributed by atoms with E-state index in [0.29, 0.717) is 0 Å². The average Bonchev–Trinajstić information content (AvgIpc) is 2.59. The van der Waals surface area contributed by atoms with Crippen molar-refractivity contribution in [1.82, 2.24) is 5.01 Å². The second-order valence-electron chi connectivity index (χ2n) is 4.90. The number of carbonyl (C=O) groups is 2. The van der Waals surface area contributed by atoms with Crippen LogP contribution in [0.4, 0.5) is 8.78 Å². The van der Waals surface area contributed by atoms with Gasteiger partial charge in [0.15, 0.2) is 0 Å². The van der Waals surface area contributed by atoms with Gasteiger partial charge in [0.25, 0.3) is 5.91 Å². The van der Waals surface area contributed by atoms with Crippen LogP contribution in [0.5, 0.6) is 0 Å². The maximum absolute atomic E-state index is 14.0. The van der Waals surface area contributed by atoms with Crippen molar-refractivity contribution in [3.05, 3.63) is 69.7 Å². The number of esters is 1. The Kier molecular flexibility index (Phi) is 5.82. The van der Waals surface area contributed by atoms with Gasteiger partial charge >= 0.3 is 5.97 Å². The van der Waals surface area contributed by atoms with E-state index >= 15 is 0 Å². The molecule has 25 heavy (non-hydrogen) atoms. The SMILES string of the molecule is COC(=O)c1cc(F)c(/C=N/N(C)C(=O)c2ccccc2Cl)c(F)c1. The molecule has 0 aliphatic rings. The standard InChI is InChI=1S/C17H13ClF2N2O3/c1-22(16(23)11-5-3-4-6-13(11)18)21-9-12-14(19)7-10(8-15(12)20)17(24)25-2/h3-9H,1-2H3/b21-9+. The molecule has 0 bridgehead atoms. The summed E-state index contributed by atoms with van der Waals surface area (Å²) < 4.78 is 32.4. The molecule has 0 N–H and O–H groups in total. The number of benzene rings is 2. The van der Waals surface area contributed by atoms with E-state index in [-0.39, 0.29) is 16.1 Å². The molecule has 5 nitrogen and oxygen atoms in total. The van der Waals surface area contributed by atoms with Crippen LogP contribution in [0.3, 0.4) is 0 Å². The van der Waals surface area contributed by atoms with E-state index in [1.165, 1.54) is 19.2 Å². The highest BCUT2D eigenvalue weighted by Gasteiger charge is 2.16. The Labute approximate surface area is 147 Å². The maximum atomic E-state index is 14.0. The highest BCUT2D eigenvalue weighted by molar-refractivity contribution is 6.33. The lowest BCUT2D eigenvalue weighted by Gasteiger charge is -2.12. The molecule has 0 aliphatic carbocycles. The summed E-state index contributed by atoms with van der Waals surface area (Å²) in [5.74, 6) is -3.44. The third kappa shape index (κ3) is 4.19. The Morgan fingerprint density at radius 1 is 1.20 bits per heavy atom. The largest absolute Gasteiger partial charge is 0.465 e. The lowest BCUT2D eigenvalue weighted by atomic mass is 10.1. The molecule has 0 saturated heterocycles. The summed E-state index contributed by atoms with van der Waals surface area (Å²) in [6.07, 6.45) is 0.848. The van der Waals surface area contributed by atoms with Crippen LogP contribution < -0.4 is 0 Å². The zero-order chi connectivity index (χ0) is 18.6. The van der Waals surface area contributed by atoms with Gasteiger partial charge in [-0.05, 0) is 24.3 Å². The molecule has 2 aromatic rings. The number of hydrogen-bond acceptors (Lipinski definition) is 4. The molecule has 8 heteroatoms. The van der Waals surface area contributed by atoms with Crippen LogP contribution in [0, 0.1) is 11.6 Å². The second kappa shape index (κ2) is 7.85. The average molecular weight is 367 g/mol. The minimum Gasteiger partial charge on any atom is -0.465 e. The molecule has 0 aliphatic heterocycles. The Morgan fingerprint density at radius 2 is 1.80 bits per heavy atom. The summed E-state index contributed by atoms with van der Waals surface area (Å²) >= 11 is 5.93. The Morgan fingerprint density at radius 3 is 2.36 bits per heavy atom. The highest BCUT2D eigenvalue weighted by Crippen LogP contribution is 2.18. The van der Waals surface area contributed by atoms with Crippen LogP contribution in [0.1, 0.15) is 26.3 Å². The summed E-state index contributed by atoms with van der Waals surface area (Å²) in [6.45, 7) is 0. The van der Waals surface area contributed by atoms with Crippen molar-refractivity contribution in [3.8, 4) is 0 Å². The molecule has 0 saturated carbocycles. The third-order valence-corrected chi connectivity index (χ3v) is 3.59. The van der Waals surface area contributed by atoms with Gasteiger partial charge in [-0.3, -0.25) is 4.79 Å². The van der Waals surface area contributed by atoms with E-state index < -0.39 is 29.1 Å². The van der Waals surface area contributed by atoms with Crippen molar-refractivity contribution >= 4 is 29.7 Å². The molecular formula is C17H13ClF2N2O3. The first-order valence-corrected chi connectivity index (χ1v) is 7.37. The van der Waals surface area contributed by atoms with Crippen molar-refractivity contribution in [2.45, 2.75) is 0 Å². The number of hydrazone groups is 1. The van der Waals surface area contributed by atoms with E-state index in [9.17, 15) is 18.4 Å². The van der Waals surface area contributed by atoms with Crippen molar-refractivity contribution in [2.75, 3.05) is 14.2 Å². The molecular weight excluding hydrogens is 354 g/mol. The van der Waals surface area contributed by atoms with Crippen molar-refractivity contribution in [3.63, 3.8) is 0 Å². The number of carbonyl (C=O) groups excluding carboxylic acids is 2. The molecule has 130 valence electrons. The number of halogens is 3. The van der Waals surface area contributed by atoms with Crippen LogP contribution in [-0.2, 0) is 4.74 Å². The lowest BCUT2D eigenvalue weighted by molar-refractivity contribution is 0.0599. The number of methoxy groups -OCH3 is 1. The first-order valence-electron chi connectivity index (χ1n) is 6.99. The van der Waals surface area contributed by atoms with E-state index in [1.54, 1.807) is 12.1 Å². The first kappa shape index (κ1) is 18.5. The van der Waals surface area contributed by atoms with Crippen LogP contribution >= 0.6 is 11.6 Å². The molecule has 0 spiro atoms. The molecule has 0 unspecified atom stereocenters. The van der Waals surface area contributed by atoms with Crippen LogP contribution in [0.15, 0.2) is 41.5 Å². The molecule has 0 atom stereocenters. The fourth-order valence-corrected chi connectivity index (χ4v) is 2.17. The molecule has 2 rings (SSSR count). The fourth-order valence-electron chi connectivity index (χ4n) is 1.95. The topological polar surface area (TPSA) is 59.0 Å². The minimum absolute atomic E-state index is 0.200. The van der Waals surface area contributed by atoms with Gasteiger partial charge in [-0.2, -0.15) is 5.10 Å². The molecule has 0 fully saturated rings. The number of rotatable bonds is 4. The van der Waals surface area contributed by atoms with Gasteiger partial charge in [-0.1, -0.05) is 23.7 Å². The minimum atomic E-state index is -1.01. The summed E-state index contributed by atoms with van der Waals surface area (Å²) in [6, 6.07) is 7.98. The third-order valence-electron chi connectivity index (χ3n) is 3.26. The van der Waals surface area contributed by atoms with Gasteiger partial charge in [0.05, 0.1) is 35.0 Å². The smallest absolute Gasteiger partial charge is 0.338 e. The zero-order valence-corrected chi connectivity index (χ0v) is 14.1.